The third-order valence-electron chi connectivity index (χ3n) is 3.01. The molecule has 0 aliphatic rings. The van der Waals surface area contributed by atoms with E-state index in [0.717, 1.165) is 43.8 Å². The lowest BCUT2D eigenvalue weighted by Crippen LogP contribution is -2.07. The first-order valence-electron chi connectivity index (χ1n) is 7.23. The van der Waals surface area contributed by atoms with Crippen LogP contribution in [0.5, 0.6) is 5.75 Å². The van der Waals surface area contributed by atoms with Gasteiger partial charge in [0.05, 0.1) is 12.3 Å². The van der Waals surface area contributed by atoms with Crippen LogP contribution in [0.4, 0.5) is 0 Å². The number of rotatable bonds is 10. The van der Waals surface area contributed by atoms with E-state index in [0.29, 0.717) is 13.2 Å². The number of hydrogen-bond donors (Lipinski definition) is 1. The van der Waals surface area contributed by atoms with Crippen LogP contribution in [-0.4, -0.2) is 30.7 Å². The van der Waals surface area contributed by atoms with Crippen LogP contribution in [0.3, 0.4) is 0 Å². The molecule has 0 spiro atoms. The van der Waals surface area contributed by atoms with Gasteiger partial charge in [0.25, 0.3) is 0 Å². The third kappa shape index (κ3) is 7.14. The smallest absolute Gasteiger partial charge is 0.119 e. The number of aryl methyl sites for hydroxylation is 1. The molecule has 0 fully saturated rings. The molecular weight excluding hydrogens is 254 g/mol. The predicted molar refractivity (Wildman–Crippen MR) is 80.9 cm³/mol. The van der Waals surface area contributed by atoms with E-state index in [1.807, 2.05) is 31.2 Å². The van der Waals surface area contributed by atoms with Gasteiger partial charge in [0.15, 0.2) is 0 Å². The van der Waals surface area contributed by atoms with Crippen LogP contribution in [0.15, 0.2) is 29.4 Å². The van der Waals surface area contributed by atoms with Crippen molar-refractivity contribution in [3.8, 4) is 5.75 Å². The lowest BCUT2D eigenvalue weighted by Gasteiger charge is -2.08. The first-order valence-corrected chi connectivity index (χ1v) is 7.23. The normalized spacial score (nSPS) is 11.6. The lowest BCUT2D eigenvalue weighted by molar-refractivity contribution is 0.0980. The molecule has 0 bridgehead atoms. The molecule has 4 nitrogen and oxygen atoms in total. The molecule has 0 saturated heterocycles. The minimum Gasteiger partial charge on any atom is -0.491 e. The number of ether oxygens (including phenoxy) is 2. The quantitative estimate of drug-likeness (QED) is 0.308. The summed E-state index contributed by atoms with van der Waals surface area (Å²) >= 11 is 0. The maximum atomic E-state index is 8.59. The highest BCUT2D eigenvalue weighted by Crippen LogP contribution is 2.13. The van der Waals surface area contributed by atoms with Crippen molar-refractivity contribution in [2.45, 2.75) is 39.5 Å². The molecule has 1 N–H and O–H groups in total. The van der Waals surface area contributed by atoms with Gasteiger partial charge in [-0.25, -0.2) is 0 Å². The van der Waals surface area contributed by atoms with Gasteiger partial charge in [0.2, 0.25) is 0 Å². The van der Waals surface area contributed by atoms with Crippen molar-refractivity contribution >= 4 is 5.71 Å². The number of benzene rings is 1. The number of unbranched alkanes of at least 4 members (excludes halogenated alkanes) is 1. The van der Waals surface area contributed by atoms with Gasteiger partial charge < -0.3 is 14.7 Å². The maximum absolute atomic E-state index is 8.59. The zero-order valence-corrected chi connectivity index (χ0v) is 12.5. The highest BCUT2D eigenvalue weighted by molar-refractivity contribution is 5.81. The van der Waals surface area contributed by atoms with Crippen molar-refractivity contribution in [3.63, 3.8) is 0 Å². The van der Waals surface area contributed by atoms with Crippen molar-refractivity contribution in [2.24, 2.45) is 5.16 Å². The Balaban J connectivity index is 2.21. The van der Waals surface area contributed by atoms with Gasteiger partial charge in [0, 0.05) is 6.61 Å². The molecule has 0 unspecified atom stereocenters. The molecule has 1 aromatic carbocycles. The number of oxime groups is 1. The minimum atomic E-state index is 0.583. The summed E-state index contributed by atoms with van der Waals surface area (Å²) in [5.74, 6) is 0.861. The van der Waals surface area contributed by atoms with Crippen molar-refractivity contribution < 1.29 is 14.7 Å². The van der Waals surface area contributed by atoms with Gasteiger partial charge in [-0.15, -0.1) is 0 Å². The van der Waals surface area contributed by atoms with Crippen molar-refractivity contribution in [3.05, 3.63) is 29.8 Å². The van der Waals surface area contributed by atoms with E-state index in [1.54, 1.807) is 0 Å². The second-order valence-corrected chi connectivity index (χ2v) is 4.79. The Hall–Kier alpha value is -1.55. The first-order chi connectivity index (χ1) is 9.76. The maximum Gasteiger partial charge on any atom is 0.119 e. The molecule has 0 amide bonds. The summed E-state index contributed by atoms with van der Waals surface area (Å²) < 4.78 is 11.0. The van der Waals surface area contributed by atoms with Gasteiger partial charge in [-0.3, -0.25) is 0 Å². The van der Waals surface area contributed by atoms with Crippen LogP contribution >= 0.6 is 0 Å². The highest BCUT2D eigenvalue weighted by atomic mass is 16.5. The Morgan fingerprint density at radius 3 is 2.55 bits per heavy atom. The van der Waals surface area contributed by atoms with Crippen molar-refractivity contribution in [1.29, 1.82) is 0 Å². The van der Waals surface area contributed by atoms with Gasteiger partial charge in [0.1, 0.15) is 12.4 Å². The summed E-state index contributed by atoms with van der Waals surface area (Å²) in [5, 5.41) is 11.8. The standard InChI is InChI=1S/C16H25NO3/c1-3-4-11-19-12-13-20-16-9-7-15(8-10-16)6-5-14(2)17-18/h7-10,18H,3-6,11-13H2,1-2H3. The van der Waals surface area contributed by atoms with Crippen LogP contribution < -0.4 is 4.74 Å². The minimum absolute atomic E-state index is 0.583. The van der Waals surface area contributed by atoms with E-state index >= 15 is 0 Å². The van der Waals surface area contributed by atoms with Gasteiger partial charge in [-0.2, -0.15) is 0 Å². The van der Waals surface area contributed by atoms with Crippen LogP contribution in [0.25, 0.3) is 0 Å². The van der Waals surface area contributed by atoms with Crippen molar-refractivity contribution in [2.75, 3.05) is 19.8 Å². The van der Waals surface area contributed by atoms with E-state index in [-0.39, 0.29) is 0 Å². The monoisotopic (exact) mass is 279 g/mol. The fraction of sp³-hybridized carbons (Fsp3) is 0.562. The second-order valence-electron chi connectivity index (χ2n) is 4.79. The Bertz CT molecular complexity index is 387. The van der Waals surface area contributed by atoms with E-state index < -0.39 is 0 Å². The SMILES string of the molecule is CCCCOCCOc1ccc(CCC(C)=NO)cc1. The molecule has 1 aromatic rings. The molecule has 0 saturated carbocycles. The molecule has 1 rings (SSSR count). The molecule has 0 radical (unpaired) electrons. The molecule has 0 atom stereocenters. The van der Waals surface area contributed by atoms with Gasteiger partial charge in [-0.1, -0.05) is 30.6 Å². The summed E-state index contributed by atoms with van der Waals surface area (Å²) in [7, 11) is 0. The van der Waals surface area contributed by atoms with Gasteiger partial charge in [-0.05, 0) is 43.9 Å². The molecule has 0 heterocycles. The fourth-order valence-electron chi connectivity index (χ4n) is 1.69. The Morgan fingerprint density at radius 1 is 1.15 bits per heavy atom. The average Bonchev–Trinajstić information content (AvgIpc) is 2.49. The Morgan fingerprint density at radius 2 is 1.90 bits per heavy atom. The molecular formula is C16H25NO3. The van der Waals surface area contributed by atoms with E-state index in [1.165, 1.54) is 5.56 Å². The van der Waals surface area contributed by atoms with Crippen LogP contribution in [0.1, 0.15) is 38.7 Å². The topological polar surface area (TPSA) is 51.0 Å². The highest BCUT2D eigenvalue weighted by Gasteiger charge is 1.98. The Kier molecular flexibility index (Phi) is 8.47. The zero-order chi connectivity index (χ0) is 14.6. The van der Waals surface area contributed by atoms with Crippen LogP contribution in [-0.2, 0) is 11.2 Å². The average molecular weight is 279 g/mol. The molecule has 0 aliphatic heterocycles. The largest absolute Gasteiger partial charge is 0.491 e. The van der Waals surface area contributed by atoms with Crippen LogP contribution in [0, 0.1) is 0 Å². The summed E-state index contributed by atoms with van der Waals surface area (Å²) in [5.41, 5.74) is 1.95. The van der Waals surface area contributed by atoms with Crippen LogP contribution in [0.2, 0.25) is 0 Å². The van der Waals surface area contributed by atoms with E-state index in [9.17, 15) is 0 Å². The molecule has 4 heteroatoms. The molecule has 0 aromatic heterocycles. The summed E-state index contributed by atoms with van der Waals surface area (Å²) in [6.07, 6.45) is 3.90. The third-order valence-corrected chi connectivity index (χ3v) is 3.01. The summed E-state index contributed by atoms with van der Waals surface area (Å²) in [4.78, 5) is 0. The lowest BCUT2D eigenvalue weighted by atomic mass is 10.1. The second kappa shape index (κ2) is 10.3. The first kappa shape index (κ1) is 16.5. The molecule has 20 heavy (non-hydrogen) atoms. The summed E-state index contributed by atoms with van der Waals surface area (Å²) in [6, 6.07) is 8.01. The summed E-state index contributed by atoms with van der Waals surface area (Å²) in [6.45, 7) is 5.99. The molecule has 112 valence electrons. The van der Waals surface area contributed by atoms with E-state index in [4.69, 9.17) is 14.7 Å². The molecule has 0 aliphatic carbocycles. The number of hydrogen-bond acceptors (Lipinski definition) is 4. The van der Waals surface area contributed by atoms with E-state index in [2.05, 4.69) is 12.1 Å². The Labute approximate surface area is 121 Å². The van der Waals surface area contributed by atoms with Crippen molar-refractivity contribution in [1.82, 2.24) is 0 Å². The fourth-order valence-corrected chi connectivity index (χ4v) is 1.69. The zero-order valence-electron chi connectivity index (χ0n) is 12.5. The number of nitrogens with zero attached hydrogens (tertiary/aromatic N) is 1. The van der Waals surface area contributed by atoms with Gasteiger partial charge >= 0.3 is 0 Å². The predicted octanol–water partition coefficient (Wildman–Crippen LogP) is 3.66.